The van der Waals surface area contributed by atoms with Gasteiger partial charge in [0.05, 0.1) is 5.92 Å². The minimum atomic E-state index is 0.208. The maximum absolute atomic E-state index is 5.16. The van der Waals surface area contributed by atoms with Crippen LogP contribution in [-0.4, -0.2) is 9.85 Å². The number of rotatable bonds is 1. The van der Waals surface area contributed by atoms with E-state index in [-0.39, 0.29) is 5.92 Å². The molecule has 1 atom stereocenters. The molecule has 1 aliphatic rings. The SMILES string of the molecule is S=C1[C]=CC=CC1c1ccc[nH]1. The number of hydrogen-bond acceptors (Lipinski definition) is 1. The Morgan fingerprint density at radius 2 is 2.42 bits per heavy atom. The standard InChI is InChI=1S/C10H8NS/c12-10-6-2-1-4-8(10)9-5-3-7-11-9/h1-5,7-8,11H. The number of thiocarbonyl (C=S) groups is 1. The number of hydrogen-bond donors (Lipinski definition) is 1. The predicted octanol–water partition coefficient (Wildman–Crippen LogP) is 2.40. The van der Waals surface area contributed by atoms with Gasteiger partial charge in [-0.25, -0.2) is 0 Å². The van der Waals surface area contributed by atoms with E-state index in [2.05, 4.69) is 17.1 Å². The highest BCUT2D eigenvalue weighted by atomic mass is 32.1. The van der Waals surface area contributed by atoms with E-state index < -0.39 is 0 Å². The average molecular weight is 174 g/mol. The van der Waals surface area contributed by atoms with Crippen molar-refractivity contribution >= 4 is 17.1 Å². The Balaban J connectivity index is 2.31. The maximum atomic E-state index is 5.16. The van der Waals surface area contributed by atoms with E-state index in [1.807, 2.05) is 30.5 Å². The molecular weight excluding hydrogens is 166 g/mol. The van der Waals surface area contributed by atoms with Gasteiger partial charge in [0, 0.05) is 16.8 Å². The van der Waals surface area contributed by atoms with Crippen LogP contribution < -0.4 is 0 Å². The van der Waals surface area contributed by atoms with Gasteiger partial charge in [-0.2, -0.15) is 0 Å². The Hall–Kier alpha value is -1.15. The molecule has 0 bridgehead atoms. The lowest BCUT2D eigenvalue weighted by molar-refractivity contribution is 1.07. The van der Waals surface area contributed by atoms with Gasteiger partial charge in [0.15, 0.2) is 0 Å². The molecule has 1 N–H and O–H groups in total. The average Bonchev–Trinajstić information content (AvgIpc) is 2.57. The monoisotopic (exact) mass is 174 g/mol. The molecule has 1 nitrogen and oxygen atoms in total. The van der Waals surface area contributed by atoms with Crippen molar-refractivity contribution in [3.63, 3.8) is 0 Å². The fraction of sp³-hybridized carbons (Fsp3) is 0.100. The quantitative estimate of drug-likeness (QED) is 0.646. The summed E-state index contributed by atoms with van der Waals surface area (Å²) < 4.78 is 0. The van der Waals surface area contributed by atoms with Crippen molar-refractivity contribution in [3.05, 3.63) is 48.3 Å². The lowest BCUT2D eigenvalue weighted by Crippen LogP contribution is -2.08. The van der Waals surface area contributed by atoms with E-state index in [1.165, 1.54) is 0 Å². The smallest absolute Gasteiger partial charge is 0.0532 e. The van der Waals surface area contributed by atoms with Crippen molar-refractivity contribution in [1.29, 1.82) is 0 Å². The lowest BCUT2D eigenvalue weighted by atomic mass is 9.97. The molecule has 1 radical (unpaired) electrons. The minimum Gasteiger partial charge on any atom is -0.364 e. The molecule has 59 valence electrons. The fourth-order valence-corrected chi connectivity index (χ4v) is 1.53. The molecule has 0 fully saturated rings. The zero-order valence-corrected chi connectivity index (χ0v) is 7.27. The second-order valence-electron chi connectivity index (χ2n) is 2.66. The third kappa shape index (κ3) is 1.25. The summed E-state index contributed by atoms with van der Waals surface area (Å²) in [6.45, 7) is 0. The van der Waals surface area contributed by atoms with E-state index in [0.29, 0.717) is 0 Å². The van der Waals surface area contributed by atoms with Gasteiger partial charge < -0.3 is 4.98 Å². The summed E-state index contributed by atoms with van der Waals surface area (Å²) in [5.74, 6) is 0.208. The van der Waals surface area contributed by atoms with E-state index in [4.69, 9.17) is 12.2 Å². The van der Waals surface area contributed by atoms with Gasteiger partial charge in [-0.1, -0.05) is 30.4 Å². The van der Waals surface area contributed by atoms with Crippen LogP contribution in [0.1, 0.15) is 11.6 Å². The summed E-state index contributed by atoms with van der Waals surface area (Å²) in [7, 11) is 0. The molecule has 1 unspecified atom stereocenters. The van der Waals surface area contributed by atoms with Gasteiger partial charge in [0.25, 0.3) is 0 Å². The van der Waals surface area contributed by atoms with Crippen LogP contribution in [0.3, 0.4) is 0 Å². The Bertz CT molecular complexity index is 333. The summed E-state index contributed by atoms with van der Waals surface area (Å²) in [6.07, 6.45) is 10.8. The van der Waals surface area contributed by atoms with Crippen LogP contribution in [0.2, 0.25) is 0 Å². The van der Waals surface area contributed by atoms with E-state index in [9.17, 15) is 0 Å². The molecule has 0 spiro atoms. The fourth-order valence-electron chi connectivity index (χ4n) is 1.26. The highest BCUT2D eigenvalue weighted by Gasteiger charge is 2.13. The minimum absolute atomic E-state index is 0.208. The Morgan fingerprint density at radius 1 is 1.50 bits per heavy atom. The Morgan fingerprint density at radius 3 is 3.08 bits per heavy atom. The van der Waals surface area contributed by atoms with E-state index in [1.54, 1.807) is 0 Å². The van der Waals surface area contributed by atoms with Crippen LogP contribution in [0.4, 0.5) is 0 Å². The third-order valence-electron chi connectivity index (χ3n) is 1.86. The first-order valence-electron chi connectivity index (χ1n) is 3.81. The van der Waals surface area contributed by atoms with E-state index >= 15 is 0 Å². The maximum Gasteiger partial charge on any atom is 0.0532 e. The Labute approximate surface area is 76.8 Å². The van der Waals surface area contributed by atoms with Crippen molar-refractivity contribution in [2.45, 2.75) is 5.92 Å². The lowest BCUT2D eigenvalue weighted by Gasteiger charge is -2.11. The predicted molar refractivity (Wildman–Crippen MR) is 53.1 cm³/mol. The first-order chi connectivity index (χ1) is 5.88. The number of allylic oxidation sites excluding steroid dienone is 4. The molecule has 0 saturated heterocycles. The summed E-state index contributed by atoms with van der Waals surface area (Å²) >= 11 is 5.16. The summed E-state index contributed by atoms with van der Waals surface area (Å²) in [5.41, 5.74) is 1.14. The van der Waals surface area contributed by atoms with Gasteiger partial charge >= 0.3 is 0 Å². The van der Waals surface area contributed by atoms with Gasteiger partial charge in [0.1, 0.15) is 0 Å². The topological polar surface area (TPSA) is 15.8 Å². The third-order valence-corrected chi connectivity index (χ3v) is 2.24. The van der Waals surface area contributed by atoms with Crippen LogP contribution in [0.5, 0.6) is 0 Å². The van der Waals surface area contributed by atoms with Gasteiger partial charge in [-0.05, 0) is 18.2 Å². The molecule has 2 heteroatoms. The van der Waals surface area contributed by atoms with Crippen LogP contribution in [0, 0.1) is 6.08 Å². The summed E-state index contributed by atoms with van der Waals surface area (Å²) in [6, 6.07) is 4.01. The van der Waals surface area contributed by atoms with Gasteiger partial charge in [0.2, 0.25) is 0 Å². The first kappa shape index (κ1) is 7.50. The molecular formula is C10H8NS. The van der Waals surface area contributed by atoms with Crippen molar-refractivity contribution in [2.75, 3.05) is 0 Å². The molecule has 2 rings (SSSR count). The molecule has 0 aliphatic heterocycles. The second kappa shape index (κ2) is 3.07. The normalized spacial score (nSPS) is 21.7. The van der Waals surface area contributed by atoms with Crippen molar-refractivity contribution in [3.8, 4) is 0 Å². The number of aromatic amines is 1. The molecule has 1 aromatic rings. The van der Waals surface area contributed by atoms with E-state index in [0.717, 1.165) is 10.6 Å². The molecule has 1 aromatic heterocycles. The first-order valence-corrected chi connectivity index (χ1v) is 4.22. The molecule has 12 heavy (non-hydrogen) atoms. The molecule has 0 amide bonds. The van der Waals surface area contributed by atoms with Crippen LogP contribution in [-0.2, 0) is 0 Å². The molecule has 0 aromatic carbocycles. The van der Waals surface area contributed by atoms with Crippen LogP contribution in [0.15, 0.2) is 36.6 Å². The summed E-state index contributed by atoms with van der Waals surface area (Å²) in [5, 5.41) is 0. The summed E-state index contributed by atoms with van der Waals surface area (Å²) in [4.78, 5) is 3.99. The van der Waals surface area contributed by atoms with Crippen molar-refractivity contribution in [1.82, 2.24) is 4.98 Å². The molecule has 0 saturated carbocycles. The van der Waals surface area contributed by atoms with Gasteiger partial charge in [-0.15, -0.1) is 0 Å². The van der Waals surface area contributed by atoms with Crippen LogP contribution >= 0.6 is 12.2 Å². The van der Waals surface area contributed by atoms with Gasteiger partial charge in [-0.3, -0.25) is 0 Å². The second-order valence-corrected chi connectivity index (χ2v) is 3.10. The number of nitrogens with one attached hydrogen (secondary N) is 1. The highest BCUT2D eigenvalue weighted by molar-refractivity contribution is 7.80. The molecule has 1 heterocycles. The number of H-pyrrole nitrogens is 1. The highest BCUT2D eigenvalue weighted by Crippen LogP contribution is 2.20. The van der Waals surface area contributed by atoms with Crippen LogP contribution in [0.25, 0.3) is 0 Å². The number of aromatic nitrogens is 1. The largest absolute Gasteiger partial charge is 0.364 e. The van der Waals surface area contributed by atoms with Crippen molar-refractivity contribution in [2.24, 2.45) is 0 Å². The zero-order valence-electron chi connectivity index (χ0n) is 6.45. The molecule has 1 aliphatic carbocycles. The zero-order chi connectivity index (χ0) is 8.39. The van der Waals surface area contributed by atoms with Crippen molar-refractivity contribution < 1.29 is 0 Å². The Kier molecular flexibility index (Phi) is 1.92.